The number of nitrogens with one attached hydrogen (secondary N) is 1. The number of hydrogen-bond donors (Lipinski definition) is 1. The Morgan fingerprint density at radius 1 is 1.09 bits per heavy atom. The molecule has 2 aliphatic heterocycles. The zero-order chi connectivity index (χ0) is 22.3. The number of nitrogens with zero attached hydrogens (tertiary/aromatic N) is 2. The number of rotatable bonds is 4. The lowest BCUT2D eigenvalue weighted by Gasteiger charge is -2.23. The average Bonchev–Trinajstić information content (AvgIpc) is 3.23. The summed E-state index contributed by atoms with van der Waals surface area (Å²) in [7, 11) is 0. The summed E-state index contributed by atoms with van der Waals surface area (Å²) in [5, 5.41) is 5.60. The number of urea groups is 1. The molecule has 2 aromatic carbocycles. The van der Waals surface area contributed by atoms with Crippen LogP contribution in [-0.4, -0.2) is 35.0 Å². The van der Waals surface area contributed by atoms with Crippen LogP contribution in [0.4, 0.5) is 4.79 Å². The van der Waals surface area contributed by atoms with Crippen LogP contribution in [0.5, 0.6) is 11.5 Å². The molecule has 7 nitrogen and oxygen atoms in total. The minimum Gasteiger partial charge on any atom is -0.490 e. The van der Waals surface area contributed by atoms with Gasteiger partial charge < -0.3 is 14.8 Å². The zero-order valence-electron chi connectivity index (χ0n) is 17.9. The number of hydrogen-bond acceptors (Lipinski definition) is 6. The third-order valence-corrected chi connectivity index (χ3v) is 6.71. The first kappa shape index (κ1) is 20.5. The van der Waals surface area contributed by atoms with Gasteiger partial charge in [-0.15, -0.1) is 11.3 Å². The second-order valence-electron chi connectivity index (χ2n) is 8.17. The Hall–Kier alpha value is -3.39. The second kappa shape index (κ2) is 7.94. The maximum absolute atomic E-state index is 13.3. The van der Waals surface area contributed by atoms with Crippen molar-refractivity contribution in [3.8, 4) is 22.1 Å². The number of ether oxygens (including phenoxy) is 2. The highest BCUT2D eigenvalue weighted by Gasteiger charge is 2.49. The van der Waals surface area contributed by atoms with Gasteiger partial charge in [-0.3, -0.25) is 9.69 Å². The number of fused-ring (bicyclic) bond motifs is 1. The van der Waals surface area contributed by atoms with E-state index in [1.54, 1.807) is 25.1 Å². The molecule has 32 heavy (non-hydrogen) atoms. The van der Waals surface area contributed by atoms with Gasteiger partial charge in [0.15, 0.2) is 11.5 Å². The van der Waals surface area contributed by atoms with E-state index in [9.17, 15) is 9.59 Å². The lowest BCUT2D eigenvalue weighted by Crippen LogP contribution is -2.40. The number of imide groups is 1. The molecule has 1 atom stereocenters. The Morgan fingerprint density at radius 2 is 1.84 bits per heavy atom. The Kier molecular flexibility index (Phi) is 5.09. The van der Waals surface area contributed by atoms with Crippen molar-refractivity contribution in [3.05, 3.63) is 64.7 Å². The Balaban J connectivity index is 1.37. The highest BCUT2D eigenvalue weighted by atomic mass is 32.1. The van der Waals surface area contributed by atoms with E-state index in [1.807, 2.05) is 36.6 Å². The number of thiazole rings is 1. The van der Waals surface area contributed by atoms with Crippen LogP contribution >= 0.6 is 11.3 Å². The summed E-state index contributed by atoms with van der Waals surface area (Å²) in [4.78, 5) is 31.9. The number of aryl methyl sites for hydroxylation is 1. The molecule has 0 saturated carbocycles. The first-order valence-electron chi connectivity index (χ1n) is 10.5. The van der Waals surface area contributed by atoms with Crippen molar-refractivity contribution in [3.63, 3.8) is 0 Å². The zero-order valence-corrected chi connectivity index (χ0v) is 18.7. The largest absolute Gasteiger partial charge is 0.490 e. The van der Waals surface area contributed by atoms with Crippen LogP contribution in [0.1, 0.15) is 30.2 Å². The molecule has 1 saturated heterocycles. The molecule has 0 bridgehead atoms. The number of amides is 3. The molecule has 5 rings (SSSR count). The van der Waals surface area contributed by atoms with E-state index in [-0.39, 0.29) is 12.5 Å². The van der Waals surface area contributed by atoms with Crippen molar-refractivity contribution in [2.45, 2.75) is 32.4 Å². The average molecular weight is 450 g/mol. The Morgan fingerprint density at radius 3 is 2.62 bits per heavy atom. The predicted molar refractivity (Wildman–Crippen MR) is 121 cm³/mol. The Bertz CT molecular complexity index is 1190. The van der Waals surface area contributed by atoms with Crippen molar-refractivity contribution in [2.75, 3.05) is 13.2 Å². The number of benzene rings is 2. The minimum absolute atomic E-state index is 0.118. The molecular formula is C24H23N3O4S. The van der Waals surface area contributed by atoms with Gasteiger partial charge in [-0.2, -0.15) is 0 Å². The molecule has 8 heteroatoms. The van der Waals surface area contributed by atoms with Crippen molar-refractivity contribution < 1.29 is 19.1 Å². The SMILES string of the molecule is Cc1ccc(-c2nc(CN3C(=O)N[C@@](C)(c4ccc5c(c4)OCCCO5)C3=O)cs2)cc1. The summed E-state index contributed by atoms with van der Waals surface area (Å²) < 4.78 is 11.4. The van der Waals surface area contributed by atoms with Gasteiger partial charge in [-0.25, -0.2) is 9.78 Å². The lowest BCUT2D eigenvalue weighted by molar-refractivity contribution is -0.131. The smallest absolute Gasteiger partial charge is 0.325 e. The molecule has 3 aromatic rings. The minimum atomic E-state index is -1.18. The highest BCUT2D eigenvalue weighted by Crippen LogP contribution is 2.37. The van der Waals surface area contributed by atoms with Crippen LogP contribution in [0, 0.1) is 6.92 Å². The molecular weight excluding hydrogens is 426 g/mol. The summed E-state index contributed by atoms with van der Waals surface area (Å²) in [5.41, 5.74) is 2.34. The molecule has 0 spiro atoms. The van der Waals surface area contributed by atoms with Gasteiger partial charge in [0, 0.05) is 17.4 Å². The summed E-state index contributed by atoms with van der Waals surface area (Å²) in [6, 6.07) is 13.0. The third kappa shape index (κ3) is 3.60. The lowest BCUT2D eigenvalue weighted by atomic mass is 9.91. The second-order valence-corrected chi connectivity index (χ2v) is 9.03. The van der Waals surface area contributed by atoms with E-state index in [0.29, 0.717) is 36.0 Å². The van der Waals surface area contributed by atoms with Gasteiger partial charge in [0.1, 0.15) is 10.5 Å². The van der Waals surface area contributed by atoms with Crippen LogP contribution in [0.25, 0.3) is 10.6 Å². The van der Waals surface area contributed by atoms with Crippen LogP contribution in [0.2, 0.25) is 0 Å². The van der Waals surface area contributed by atoms with E-state index in [2.05, 4.69) is 10.3 Å². The molecule has 1 N–H and O–H groups in total. The molecule has 1 fully saturated rings. The van der Waals surface area contributed by atoms with Crippen LogP contribution in [0.15, 0.2) is 47.8 Å². The first-order chi connectivity index (χ1) is 15.4. The molecule has 0 unspecified atom stereocenters. The molecule has 3 heterocycles. The van der Waals surface area contributed by atoms with Gasteiger partial charge in [-0.05, 0) is 31.5 Å². The molecule has 0 radical (unpaired) electrons. The van der Waals surface area contributed by atoms with Crippen molar-refractivity contribution in [2.24, 2.45) is 0 Å². The van der Waals surface area contributed by atoms with Gasteiger partial charge in [0.2, 0.25) is 0 Å². The highest BCUT2D eigenvalue weighted by molar-refractivity contribution is 7.13. The van der Waals surface area contributed by atoms with E-state index in [4.69, 9.17) is 9.47 Å². The monoisotopic (exact) mass is 449 g/mol. The summed E-state index contributed by atoms with van der Waals surface area (Å²) in [6.07, 6.45) is 0.795. The van der Waals surface area contributed by atoms with E-state index in [0.717, 1.165) is 17.0 Å². The maximum Gasteiger partial charge on any atom is 0.325 e. The quantitative estimate of drug-likeness (QED) is 0.603. The van der Waals surface area contributed by atoms with E-state index in [1.165, 1.54) is 21.8 Å². The van der Waals surface area contributed by atoms with Crippen LogP contribution in [0.3, 0.4) is 0 Å². The fourth-order valence-corrected chi connectivity index (χ4v) is 4.70. The fourth-order valence-electron chi connectivity index (χ4n) is 3.88. The van der Waals surface area contributed by atoms with Crippen molar-refractivity contribution in [1.82, 2.24) is 15.2 Å². The number of carbonyl (C=O) groups is 2. The topological polar surface area (TPSA) is 80.8 Å². The van der Waals surface area contributed by atoms with Gasteiger partial charge in [-0.1, -0.05) is 35.9 Å². The molecule has 0 aliphatic carbocycles. The first-order valence-corrected chi connectivity index (χ1v) is 11.4. The van der Waals surface area contributed by atoms with E-state index < -0.39 is 11.6 Å². The summed E-state index contributed by atoms with van der Waals surface area (Å²) in [5.74, 6) is 0.917. The molecule has 164 valence electrons. The van der Waals surface area contributed by atoms with Crippen molar-refractivity contribution >= 4 is 23.3 Å². The normalized spacial score (nSPS) is 20.2. The van der Waals surface area contributed by atoms with Crippen molar-refractivity contribution in [1.29, 1.82) is 0 Å². The van der Waals surface area contributed by atoms with Gasteiger partial charge >= 0.3 is 6.03 Å². The maximum atomic E-state index is 13.3. The summed E-state index contributed by atoms with van der Waals surface area (Å²) >= 11 is 1.50. The third-order valence-electron chi connectivity index (χ3n) is 5.77. The number of aromatic nitrogens is 1. The molecule has 1 aromatic heterocycles. The Labute approximate surface area is 190 Å². The predicted octanol–water partition coefficient (Wildman–Crippen LogP) is 4.25. The summed E-state index contributed by atoms with van der Waals surface area (Å²) in [6.45, 7) is 5.01. The van der Waals surface area contributed by atoms with Crippen LogP contribution < -0.4 is 14.8 Å². The van der Waals surface area contributed by atoms with Gasteiger partial charge in [0.05, 0.1) is 25.5 Å². The fraction of sp³-hybridized carbons (Fsp3) is 0.292. The number of carbonyl (C=O) groups excluding carboxylic acids is 2. The standard InChI is InChI=1S/C24H23N3O4S/c1-15-4-6-16(7-5-15)21-25-18(14-32-21)13-27-22(28)24(2,26-23(27)29)17-8-9-19-20(12-17)31-11-3-10-30-19/h4-9,12,14H,3,10-11,13H2,1-2H3,(H,26,29)/t24-/m0/s1. The van der Waals surface area contributed by atoms with Crippen LogP contribution in [-0.2, 0) is 16.9 Å². The van der Waals surface area contributed by atoms with Gasteiger partial charge in [0.25, 0.3) is 5.91 Å². The molecule has 3 amide bonds. The van der Waals surface area contributed by atoms with E-state index >= 15 is 0 Å². The molecule has 2 aliphatic rings.